The molecular weight excluding hydrogens is 276 g/mol. The second kappa shape index (κ2) is 6.34. The number of likely N-dealkylation sites (tertiary alicyclic amines) is 1. The molecule has 1 amide bonds. The summed E-state index contributed by atoms with van der Waals surface area (Å²) in [5.41, 5.74) is -0.0908. The number of aromatic nitrogens is 1. The van der Waals surface area contributed by atoms with Gasteiger partial charge in [-0.05, 0) is 33.6 Å². The molecule has 2 heterocycles. The number of amides is 1. The van der Waals surface area contributed by atoms with Gasteiger partial charge in [-0.2, -0.15) is 0 Å². The molecule has 0 aromatic carbocycles. The Morgan fingerprint density at radius 1 is 1.57 bits per heavy atom. The third kappa shape index (κ3) is 4.35. The molecule has 0 aliphatic carbocycles. The van der Waals surface area contributed by atoms with Crippen molar-refractivity contribution in [2.75, 3.05) is 13.2 Å². The zero-order chi connectivity index (χ0) is 15.5. The van der Waals surface area contributed by atoms with Gasteiger partial charge < -0.3 is 24.0 Å². The SMILES string of the molecule is CC(C)(C)OC(=O)N1CCC[C@H]1COc1cc(CO)no1. The maximum Gasteiger partial charge on any atom is 0.410 e. The van der Waals surface area contributed by atoms with E-state index in [1.807, 2.05) is 20.8 Å². The highest BCUT2D eigenvalue weighted by molar-refractivity contribution is 5.68. The van der Waals surface area contributed by atoms with Crippen LogP contribution in [0.2, 0.25) is 0 Å². The van der Waals surface area contributed by atoms with Crippen molar-refractivity contribution in [2.45, 2.75) is 51.9 Å². The number of carbonyl (C=O) groups excluding carboxylic acids is 1. The zero-order valence-corrected chi connectivity index (χ0v) is 12.7. The van der Waals surface area contributed by atoms with E-state index in [2.05, 4.69) is 5.16 Å². The number of aliphatic hydroxyl groups is 1. The molecule has 7 nitrogen and oxygen atoms in total. The summed E-state index contributed by atoms with van der Waals surface area (Å²) in [5.74, 6) is 0.245. The largest absolute Gasteiger partial charge is 0.462 e. The Balaban J connectivity index is 1.88. The molecule has 1 saturated heterocycles. The molecule has 2 rings (SSSR count). The van der Waals surface area contributed by atoms with Gasteiger partial charge in [0.15, 0.2) is 0 Å². The molecule has 0 bridgehead atoms. The quantitative estimate of drug-likeness (QED) is 0.914. The van der Waals surface area contributed by atoms with E-state index < -0.39 is 5.60 Å². The molecule has 1 aromatic heterocycles. The van der Waals surface area contributed by atoms with Crippen molar-refractivity contribution >= 4 is 6.09 Å². The molecule has 0 spiro atoms. The van der Waals surface area contributed by atoms with Gasteiger partial charge in [0.05, 0.1) is 12.6 Å². The van der Waals surface area contributed by atoms with Gasteiger partial charge in [-0.25, -0.2) is 4.79 Å². The smallest absolute Gasteiger partial charge is 0.410 e. The number of nitrogens with zero attached hydrogens (tertiary/aromatic N) is 2. The van der Waals surface area contributed by atoms with E-state index >= 15 is 0 Å². The van der Waals surface area contributed by atoms with Gasteiger partial charge in [-0.3, -0.25) is 0 Å². The summed E-state index contributed by atoms with van der Waals surface area (Å²) in [6.45, 7) is 6.33. The number of ether oxygens (including phenoxy) is 2. The summed E-state index contributed by atoms with van der Waals surface area (Å²) in [7, 11) is 0. The summed E-state index contributed by atoms with van der Waals surface area (Å²) < 4.78 is 15.8. The lowest BCUT2D eigenvalue weighted by Crippen LogP contribution is -2.42. The molecule has 7 heteroatoms. The van der Waals surface area contributed by atoms with Crippen LogP contribution in [0.1, 0.15) is 39.3 Å². The molecule has 118 valence electrons. The van der Waals surface area contributed by atoms with Crippen LogP contribution in [-0.4, -0.2) is 46.1 Å². The van der Waals surface area contributed by atoms with Gasteiger partial charge in [0.25, 0.3) is 0 Å². The van der Waals surface area contributed by atoms with Gasteiger partial charge in [-0.1, -0.05) is 5.16 Å². The van der Waals surface area contributed by atoms with Crippen molar-refractivity contribution in [3.63, 3.8) is 0 Å². The van der Waals surface area contributed by atoms with Crippen LogP contribution in [0, 0.1) is 0 Å². The van der Waals surface area contributed by atoms with Gasteiger partial charge in [0, 0.05) is 12.6 Å². The fourth-order valence-corrected chi connectivity index (χ4v) is 2.18. The van der Waals surface area contributed by atoms with E-state index in [0.717, 1.165) is 12.8 Å². The second-order valence-corrected chi connectivity index (χ2v) is 6.08. The van der Waals surface area contributed by atoms with Gasteiger partial charge in [-0.15, -0.1) is 0 Å². The van der Waals surface area contributed by atoms with Crippen LogP contribution in [0.15, 0.2) is 10.6 Å². The topological polar surface area (TPSA) is 85.0 Å². The van der Waals surface area contributed by atoms with Crippen molar-refractivity contribution in [2.24, 2.45) is 0 Å². The van der Waals surface area contributed by atoms with Crippen LogP contribution >= 0.6 is 0 Å². The van der Waals surface area contributed by atoms with E-state index in [1.54, 1.807) is 4.90 Å². The Labute approximate surface area is 123 Å². The van der Waals surface area contributed by atoms with Crippen molar-refractivity contribution in [1.82, 2.24) is 10.1 Å². The normalized spacial score (nSPS) is 18.9. The van der Waals surface area contributed by atoms with Crippen LogP contribution in [0.4, 0.5) is 4.79 Å². The molecule has 1 fully saturated rings. The van der Waals surface area contributed by atoms with Crippen LogP contribution in [0.5, 0.6) is 5.95 Å². The second-order valence-electron chi connectivity index (χ2n) is 6.08. The zero-order valence-electron chi connectivity index (χ0n) is 12.7. The Hall–Kier alpha value is -1.76. The minimum atomic E-state index is -0.508. The van der Waals surface area contributed by atoms with Gasteiger partial charge >= 0.3 is 12.0 Å². The third-order valence-electron chi connectivity index (χ3n) is 3.12. The minimum Gasteiger partial charge on any atom is -0.462 e. The fraction of sp³-hybridized carbons (Fsp3) is 0.714. The highest BCUT2D eigenvalue weighted by Gasteiger charge is 2.32. The van der Waals surface area contributed by atoms with Crippen LogP contribution in [0.3, 0.4) is 0 Å². The highest BCUT2D eigenvalue weighted by Crippen LogP contribution is 2.22. The van der Waals surface area contributed by atoms with E-state index in [4.69, 9.17) is 19.1 Å². The third-order valence-corrected chi connectivity index (χ3v) is 3.12. The fourth-order valence-electron chi connectivity index (χ4n) is 2.18. The van der Waals surface area contributed by atoms with E-state index in [0.29, 0.717) is 18.8 Å². The van der Waals surface area contributed by atoms with Gasteiger partial charge in [0.2, 0.25) is 0 Å². The lowest BCUT2D eigenvalue weighted by Gasteiger charge is -2.28. The Bertz CT molecular complexity index is 480. The Morgan fingerprint density at radius 3 is 2.95 bits per heavy atom. The molecule has 1 aromatic rings. The first-order valence-electron chi connectivity index (χ1n) is 7.08. The number of hydrogen-bond donors (Lipinski definition) is 1. The van der Waals surface area contributed by atoms with Crippen molar-refractivity contribution in [1.29, 1.82) is 0 Å². The number of aliphatic hydroxyl groups excluding tert-OH is 1. The Kier molecular flexibility index (Phi) is 4.72. The standard InChI is InChI=1S/C14H22N2O5/c1-14(2,3)20-13(18)16-6-4-5-11(16)9-19-12-7-10(8-17)15-21-12/h7,11,17H,4-6,8-9H2,1-3H3/t11-/m0/s1. The molecule has 1 N–H and O–H groups in total. The monoisotopic (exact) mass is 298 g/mol. The minimum absolute atomic E-state index is 0.0393. The summed E-state index contributed by atoms with van der Waals surface area (Å²) in [4.78, 5) is 13.8. The van der Waals surface area contributed by atoms with Crippen LogP contribution in [0.25, 0.3) is 0 Å². The molecule has 0 unspecified atom stereocenters. The van der Waals surface area contributed by atoms with E-state index in [-0.39, 0.29) is 24.7 Å². The molecule has 1 atom stereocenters. The molecule has 1 aliphatic heterocycles. The molecule has 21 heavy (non-hydrogen) atoms. The average Bonchev–Trinajstić information content (AvgIpc) is 3.03. The molecule has 1 aliphatic rings. The highest BCUT2D eigenvalue weighted by atomic mass is 16.6. The van der Waals surface area contributed by atoms with Crippen molar-refractivity contribution in [3.05, 3.63) is 11.8 Å². The van der Waals surface area contributed by atoms with Crippen LogP contribution < -0.4 is 4.74 Å². The van der Waals surface area contributed by atoms with Gasteiger partial charge in [0.1, 0.15) is 17.9 Å². The molecule has 0 saturated carbocycles. The van der Waals surface area contributed by atoms with Crippen LogP contribution in [-0.2, 0) is 11.3 Å². The summed E-state index contributed by atoms with van der Waals surface area (Å²) in [6.07, 6.45) is 1.47. The molecular formula is C14H22N2O5. The number of rotatable bonds is 4. The maximum absolute atomic E-state index is 12.1. The predicted molar refractivity (Wildman–Crippen MR) is 73.9 cm³/mol. The average molecular weight is 298 g/mol. The predicted octanol–water partition coefficient (Wildman–Crippen LogP) is 1.95. The first-order valence-corrected chi connectivity index (χ1v) is 7.08. The lowest BCUT2D eigenvalue weighted by atomic mass is 10.2. The number of hydrogen-bond acceptors (Lipinski definition) is 6. The first kappa shape index (κ1) is 15.6. The van der Waals surface area contributed by atoms with E-state index in [9.17, 15) is 4.79 Å². The first-order chi connectivity index (χ1) is 9.89. The van der Waals surface area contributed by atoms with Crippen molar-refractivity contribution < 1.29 is 23.9 Å². The summed E-state index contributed by atoms with van der Waals surface area (Å²) >= 11 is 0. The summed E-state index contributed by atoms with van der Waals surface area (Å²) in [6, 6.07) is 1.50. The van der Waals surface area contributed by atoms with Crippen molar-refractivity contribution in [3.8, 4) is 5.95 Å². The Morgan fingerprint density at radius 2 is 2.33 bits per heavy atom. The maximum atomic E-state index is 12.1. The lowest BCUT2D eigenvalue weighted by molar-refractivity contribution is 0.0175. The number of carbonyl (C=O) groups is 1. The summed E-state index contributed by atoms with van der Waals surface area (Å²) in [5, 5.41) is 12.5. The van der Waals surface area contributed by atoms with E-state index in [1.165, 1.54) is 6.07 Å². The molecule has 0 radical (unpaired) electrons.